The lowest BCUT2D eigenvalue weighted by atomic mass is 9.83. The van der Waals surface area contributed by atoms with Gasteiger partial charge in [-0.25, -0.2) is 0 Å². The first kappa shape index (κ1) is 13.1. The van der Waals surface area contributed by atoms with Gasteiger partial charge in [0.25, 0.3) is 0 Å². The highest BCUT2D eigenvalue weighted by molar-refractivity contribution is 5.83. The number of carbonyl (C=O) groups excluding carboxylic acids is 1. The molecule has 1 aliphatic heterocycles. The maximum atomic E-state index is 12.4. The van der Waals surface area contributed by atoms with E-state index in [0.717, 1.165) is 31.5 Å². The average molecular weight is 246 g/mol. The Labute approximate surface area is 109 Å². The standard InChI is InChI=1S/C15H22N2O/c1-3-15(9-10-16-11-15)14(18)17-12(2)13-7-5-4-6-8-13/h4-8,12,16H,3,9-11H2,1-2H3,(H,17,18)/t12-,15?/m0/s1. The van der Waals surface area contributed by atoms with E-state index in [0.29, 0.717) is 0 Å². The second-order valence-corrected chi connectivity index (χ2v) is 5.17. The lowest BCUT2D eigenvalue weighted by Crippen LogP contribution is -2.43. The summed E-state index contributed by atoms with van der Waals surface area (Å²) in [7, 11) is 0. The van der Waals surface area contributed by atoms with Gasteiger partial charge in [-0.2, -0.15) is 0 Å². The van der Waals surface area contributed by atoms with E-state index in [1.165, 1.54) is 0 Å². The lowest BCUT2D eigenvalue weighted by Gasteiger charge is -2.27. The minimum Gasteiger partial charge on any atom is -0.349 e. The van der Waals surface area contributed by atoms with Gasteiger partial charge in [-0.05, 0) is 31.9 Å². The van der Waals surface area contributed by atoms with E-state index < -0.39 is 0 Å². The normalized spacial score (nSPS) is 24.8. The molecule has 18 heavy (non-hydrogen) atoms. The van der Waals surface area contributed by atoms with Crippen LogP contribution in [0.2, 0.25) is 0 Å². The lowest BCUT2D eigenvalue weighted by molar-refractivity contribution is -0.131. The molecule has 98 valence electrons. The molecular formula is C15H22N2O. The van der Waals surface area contributed by atoms with Crippen molar-refractivity contribution in [3.05, 3.63) is 35.9 Å². The van der Waals surface area contributed by atoms with E-state index in [4.69, 9.17) is 0 Å². The molecule has 0 radical (unpaired) electrons. The zero-order valence-electron chi connectivity index (χ0n) is 11.2. The highest BCUT2D eigenvalue weighted by Crippen LogP contribution is 2.30. The summed E-state index contributed by atoms with van der Waals surface area (Å²) in [5, 5.41) is 6.45. The smallest absolute Gasteiger partial charge is 0.228 e. The number of benzene rings is 1. The van der Waals surface area contributed by atoms with Gasteiger partial charge in [0.2, 0.25) is 5.91 Å². The largest absolute Gasteiger partial charge is 0.349 e. The van der Waals surface area contributed by atoms with Gasteiger partial charge in [-0.1, -0.05) is 37.3 Å². The average Bonchev–Trinajstić information content (AvgIpc) is 2.89. The maximum absolute atomic E-state index is 12.4. The molecule has 1 aliphatic rings. The number of amides is 1. The predicted molar refractivity (Wildman–Crippen MR) is 73.2 cm³/mol. The van der Waals surface area contributed by atoms with Gasteiger partial charge < -0.3 is 10.6 Å². The van der Waals surface area contributed by atoms with Crippen LogP contribution < -0.4 is 10.6 Å². The van der Waals surface area contributed by atoms with Crippen LogP contribution in [0.3, 0.4) is 0 Å². The van der Waals surface area contributed by atoms with Crippen LogP contribution in [0.4, 0.5) is 0 Å². The van der Waals surface area contributed by atoms with Crippen LogP contribution in [0.15, 0.2) is 30.3 Å². The highest BCUT2D eigenvalue weighted by Gasteiger charge is 2.39. The quantitative estimate of drug-likeness (QED) is 0.855. The van der Waals surface area contributed by atoms with Gasteiger partial charge in [-0.3, -0.25) is 4.79 Å². The van der Waals surface area contributed by atoms with E-state index in [9.17, 15) is 4.79 Å². The van der Waals surface area contributed by atoms with Crippen molar-refractivity contribution in [2.45, 2.75) is 32.7 Å². The molecule has 0 bridgehead atoms. The first-order chi connectivity index (χ1) is 8.68. The Morgan fingerprint density at radius 1 is 1.44 bits per heavy atom. The molecule has 0 saturated carbocycles. The minimum absolute atomic E-state index is 0.0720. The van der Waals surface area contributed by atoms with Crippen molar-refractivity contribution in [3.8, 4) is 0 Å². The molecule has 1 heterocycles. The number of carbonyl (C=O) groups is 1. The highest BCUT2D eigenvalue weighted by atomic mass is 16.2. The van der Waals surface area contributed by atoms with Gasteiger partial charge in [0.05, 0.1) is 11.5 Å². The predicted octanol–water partition coefficient (Wildman–Crippen LogP) is 2.25. The molecule has 0 spiro atoms. The van der Waals surface area contributed by atoms with E-state index in [1.807, 2.05) is 25.1 Å². The van der Waals surface area contributed by atoms with Crippen LogP contribution in [0.25, 0.3) is 0 Å². The van der Waals surface area contributed by atoms with Crippen LogP contribution in [0.1, 0.15) is 38.3 Å². The molecule has 0 aromatic heterocycles. The van der Waals surface area contributed by atoms with Gasteiger partial charge >= 0.3 is 0 Å². The van der Waals surface area contributed by atoms with Crippen molar-refractivity contribution in [1.29, 1.82) is 0 Å². The Hall–Kier alpha value is -1.35. The molecule has 2 N–H and O–H groups in total. The molecule has 1 fully saturated rings. The van der Waals surface area contributed by atoms with E-state index in [2.05, 4.69) is 29.7 Å². The minimum atomic E-state index is -0.205. The van der Waals surface area contributed by atoms with Crippen LogP contribution in [-0.2, 0) is 4.79 Å². The second kappa shape index (κ2) is 5.53. The van der Waals surface area contributed by atoms with Crippen molar-refractivity contribution in [3.63, 3.8) is 0 Å². The third kappa shape index (κ3) is 2.56. The number of hydrogen-bond donors (Lipinski definition) is 2. The van der Waals surface area contributed by atoms with Crippen molar-refractivity contribution >= 4 is 5.91 Å². The monoisotopic (exact) mass is 246 g/mol. The Morgan fingerprint density at radius 3 is 2.72 bits per heavy atom. The third-order valence-electron chi connectivity index (χ3n) is 4.05. The summed E-state index contributed by atoms with van der Waals surface area (Å²) in [6, 6.07) is 10.2. The van der Waals surface area contributed by atoms with Crippen molar-refractivity contribution in [2.24, 2.45) is 5.41 Å². The third-order valence-corrected chi connectivity index (χ3v) is 4.05. The molecule has 1 unspecified atom stereocenters. The molecule has 1 aromatic carbocycles. The van der Waals surface area contributed by atoms with Crippen LogP contribution in [-0.4, -0.2) is 19.0 Å². The molecule has 1 saturated heterocycles. The fourth-order valence-electron chi connectivity index (χ4n) is 2.57. The Bertz CT molecular complexity index is 396. The summed E-state index contributed by atoms with van der Waals surface area (Å²) in [5.41, 5.74) is 0.950. The summed E-state index contributed by atoms with van der Waals surface area (Å²) in [4.78, 5) is 12.4. The first-order valence-electron chi connectivity index (χ1n) is 6.74. The van der Waals surface area contributed by atoms with Crippen LogP contribution in [0, 0.1) is 5.41 Å². The molecular weight excluding hydrogens is 224 g/mol. The fourth-order valence-corrected chi connectivity index (χ4v) is 2.57. The Balaban J connectivity index is 2.03. The van der Waals surface area contributed by atoms with Crippen molar-refractivity contribution in [2.75, 3.05) is 13.1 Å². The van der Waals surface area contributed by atoms with Gasteiger partial charge in [-0.15, -0.1) is 0 Å². The van der Waals surface area contributed by atoms with Gasteiger partial charge in [0.15, 0.2) is 0 Å². The van der Waals surface area contributed by atoms with Crippen LogP contribution >= 0.6 is 0 Å². The molecule has 2 rings (SSSR count). The first-order valence-corrected chi connectivity index (χ1v) is 6.74. The van der Waals surface area contributed by atoms with Crippen molar-refractivity contribution < 1.29 is 4.79 Å². The fraction of sp³-hybridized carbons (Fsp3) is 0.533. The summed E-state index contributed by atoms with van der Waals surface area (Å²) in [6.07, 6.45) is 1.84. The molecule has 1 aromatic rings. The maximum Gasteiger partial charge on any atom is 0.228 e. The van der Waals surface area contributed by atoms with E-state index >= 15 is 0 Å². The number of rotatable bonds is 4. The summed E-state index contributed by atoms with van der Waals surface area (Å²) in [5.74, 6) is 0.186. The Kier molecular flexibility index (Phi) is 4.02. The number of nitrogens with one attached hydrogen (secondary N) is 2. The summed E-state index contributed by atoms with van der Waals surface area (Å²) < 4.78 is 0. The van der Waals surface area contributed by atoms with Crippen LogP contribution in [0.5, 0.6) is 0 Å². The van der Waals surface area contributed by atoms with E-state index in [-0.39, 0.29) is 17.4 Å². The van der Waals surface area contributed by atoms with Crippen molar-refractivity contribution in [1.82, 2.24) is 10.6 Å². The van der Waals surface area contributed by atoms with E-state index in [1.54, 1.807) is 0 Å². The van der Waals surface area contributed by atoms with Gasteiger partial charge in [0, 0.05) is 6.54 Å². The molecule has 3 nitrogen and oxygen atoms in total. The SMILES string of the molecule is CCC1(C(=O)N[C@@H](C)c2ccccc2)CCNC1. The molecule has 3 heteroatoms. The van der Waals surface area contributed by atoms with Gasteiger partial charge in [0.1, 0.15) is 0 Å². The summed E-state index contributed by atoms with van der Waals surface area (Å²) >= 11 is 0. The molecule has 0 aliphatic carbocycles. The molecule has 2 atom stereocenters. The molecule has 1 amide bonds. The zero-order valence-corrected chi connectivity index (χ0v) is 11.2. The zero-order chi connectivity index (χ0) is 13.0. The Morgan fingerprint density at radius 2 is 2.17 bits per heavy atom. The second-order valence-electron chi connectivity index (χ2n) is 5.17. The number of hydrogen-bond acceptors (Lipinski definition) is 2. The topological polar surface area (TPSA) is 41.1 Å². The summed E-state index contributed by atoms with van der Waals surface area (Å²) in [6.45, 7) is 5.89.